The number of sulfonamides is 2. The molecule has 0 aromatic rings. The zero-order valence-corrected chi connectivity index (χ0v) is 12.7. The van der Waals surface area contributed by atoms with Crippen molar-refractivity contribution >= 4 is 26.0 Å². The van der Waals surface area contributed by atoms with Gasteiger partial charge in [-0.05, 0) is 0 Å². The maximum Gasteiger partial charge on any atom is 0.512 e. The van der Waals surface area contributed by atoms with Crippen molar-refractivity contribution in [3.8, 4) is 0 Å². The minimum absolute atomic E-state index is 0.127. The molecule has 0 aromatic carbocycles. The molecule has 0 saturated carbocycles. The maximum atomic E-state index is 13.8. The number of carbonyl (C=O) groups is 1. The van der Waals surface area contributed by atoms with Gasteiger partial charge >= 0.3 is 36.7 Å². The molecule has 0 bridgehead atoms. The first-order valence-corrected chi connectivity index (χ1v) is 8.65. The fourth-order valence-corrected chi connectivity index (χ4v) is 4.31. The van der Waals surface area contributed by atoms with Crippen molar-refractivity contribution in [2.75, 3.05) is 20.1 Å². The lowest BCUT2D eigenvalue weighted by molar-refractivity contribution is -0.824. The molecule has 22 heavy (non-hydrogen) atoms. The third kappa shape index (κ3) is 3.23. The van der Waals surface area contributed by atoms with Crippen LogP contribution in [-0.4, -0.2) is 58.1 Å². The average Bonchev–Trinajstić information content (AvgIpc) is 2.73. The number of hydrogen-bond acceptors (Lipinski definition) is 5. The quantitative estimate of drug-likeness (QED) is 0.556. The van der Waals surface area contributed by atoms with E-state index in [9.17, 15) is 43.6 Å². The highest BCUT2D eigenvalue weighted by Gasteiger charge is 2.64. The van der Waals surface area contributed by atoms with E-state index in [1.807, 2.05) is 0 Å². The Hall–Kier alpha value is -0.860. The van der Waals surface area contributed by atoms with Crippen molar-refractivity contribution in [2.45, 2.75) is 23.6 Å². The Balaban J connectivity index is 3.18. The first-order chi connectivity index (χ1) is 9.57. The summed E-state index contributed by atoms with van der Waals surface area (Å²) in [5.74, 6) is -2.19. The molecule has 0 spiro atoms. The number of amides is 1. The number of quaternary nitrogens is 1. The SMILES string of the molecule is C[N+]1(C(=O)C(F)(F)S(=O)(=O)NS(=O)(=O)C(F)(F)F)CCCC1. The molecule has 1 heterocycles. The summed E-state index contributed by atoms with van der Waals surface area (Å²) in [6, 6.07) is 0. The standard InChI is InChI=1S/C8H12F5N2O5S2/c1-15(4-2-3-5-15)6(16)7(9,10)21(17,18)14-22(19,20)8(11,12)13/h14H,2-5H2,1H3/q+1. The normalized spacial score (nSPS) is 20.1. The van der Waals surface area contributed by atoms with E-state index in [0.29, 0.717) is 12.8 Å². The zero-order valence-electron chi connectivity index (χ0n) is 11.0. The molecule has 0 unspecified atom stereocenters. The largest absolute Gasteiger partial charge is 0.512 e. The summed E-state index contributed by atoms with van der Waals surface area (Å²) >= 11 is 0. The second-order valence-corrected chi connectivity index (χ2v) is 8.56. The lowest BCUT2D eigenvalue weighted by atomic mass is 10.4. The van der Waals surface area contributed by atoms with Crippen LogP contribution < -0.4 is 4.13 Å². The van der Waals surface area contributed by atoms with Crippen molar-refractivity contribution in [1.29, 1.82) is 0 Å². The molecule has 0 radical (unpaired) electrons. The summed E-state index contributed by atoms with van der Waals surface area (Å²) in [5, 5.41) is -5.33. The van der Waals surface area contributed by atoms with Crippen LogP contribution in [0.25, 0.3) is 0 Å². The Labute approximate surface area is 122 Å². The third-order valence-corrected chi connectivity index (χ3v) is 6.37. The maximum absolute atomic E-state index is 13.8. The summed E-state index contributed by atoms with van der Waals surface area (Å²) in [6.07, 6.45) is 0.680. The second-order valence-electron chi connectivity index (χ2n) is 4.91. The summed E-state index contributed by atoms with van der Waals surface area (Å²) in [7, 11) is -12.0. The number of alkyl halides is 5. The van der Waals surface area contributed by atoms with Crippen molar-refractivity contribution < 1.29 is 48.1 Å². The van der Waals surface area contributed by atoms with E-state index in [2.05, 4.69) is 0 Å². The Kier molecular flexibility index (Phi) is 4.66. The number of carbonyl (C=O) groups excluding carboxylic acids is 1. The molecule has 1 aliphatic rings. The summed E-state index contributed by atoms with van der Waals surface area (Å²) in [6.45, 7) is -0.258. The van der Waals surface area contributed by atoms with Gasteiger partial charge in [0.1, 0.15) is 0 Å². The van der Waals surface area contributed by atoms with Crippen molar-refractivity contribution in [2.24, 2.45) is 0 Å². The van der Waals surface area contributed by atoms with Gasteiger partial charge in [-0.2, -0.15) is 22.0 Å². The predicted octanol–water partition coefficient (Wildman–Crippen LogP) is 0.115. The zero-order chi connectivity index (χ0) is 17.6. The first kappa shape index (κ1) is 19.2. The van der Waals surface area contributed by atoms with Crippen molar-refractivity contribution in [1.82, 2.24) is 4.13 Å². The van der Waals surface area contributed by atoms with Crippen LogP contribution in [0.15, 0.2) is 0 Å². The van der Waals surface area contributed by atoms with Gasteiger partial charge in [-0.1, -0.05) is 4.13 Å². The van der Waals surface area contributed by atoms with Crippen LogP contribution in [0.1, 0.15) is 12.8 Å². The Bertz CT molecular complexity index is 664. The van der Waals surface area contributed by atoms with E-state index in [-0.39, 0.29) is 17.2 Å². The van der Waals surface area contributed by atoms with Gasteiger partial charge in [0, 0.05) is 12.8 Å². The highest BCUT2D eigenvalue weighted by Crippen LogP contribution is 2.32. The van der Waals surface area contributed by atoms with Crippen LogP contribution in [0.3, 0.4) is 0 Å². The van der Waals surface area contributed by atoms with E-state index in [0.717, 1.165) is 7.05 Å². The van der Waals surface area contributed by atoms with Crippen LogP contribution >= 0.6 is 0 Å². The Morgan fingerprint density at radius 2 is 1.36 bits per heavy atom. The molecule has 1 aliphatic heterocycles. The van der Waals surface area contributed by atoms with Crippen LogP contribution in [0.5, 0.6) is 0 Å². The van der Waals surface area contributed by atoms with Gasteiger partial charge in [-0.3, -0.25) is 4.48 Å². The second kappa shape index (κ2) is 5.35. The van der Waals surface area contributed by atoms with Gasteiger partial charge in [-0.15, -0.1) is 0 Å². The van der Waals surface area contributed by atoms with E-state index in [4.69, 9.17) is 0 Å². The molecule has 0 atom stereocenters. The number of hydrogen-bond donors (Lipinski definition) is 1. The molecule has 1 amide bonds. The van der Waals surface area contributed by atoms with Gasteiger partial charge in [0.15, 0.2) is 0 Å². The number of rotatable bonds is 4. The molecule has 1 fully saturated rings. The topological polar surface area (TPSA) is 97.4 Å². The summed E-state index contributed by atoms with van der Waals surface area (Å²) in [5.41, 5.74) is -6.12. The van der Waals surface area contributed by atoms with Crippen LogP contribution in [0, 0.1) is 0 Å². The number of nitrogens with one attached hydrogen (secondary N) is 1. The minimum atomic E-state index is -6.59. The summed E-state index contributed by atoms with van der Waals surface area (Å²) in [4.78, 5) is 11.7. The van der Waals surface area contributed by atoms with Gasteiger partial charge in [0.05, 0.1) is 20.1 Å². The molecule has 14 heteroatoms. The van der Waals surface area contributed by atoms with Crippen molar-refractivity contribution in [3.05, 3.63) is 0 Å². The molecule has 1 N–H and O–H groups in total. The van der Waals surface area contributed by atoms with Crippen LogP contribution in [0.2, 0.25) is 0 Å². The highest BCUT2D eigenvalue weighted by molar-refractivity contribution is 8.05. The van der Waals surface area contributed by atoms with E-state index in [1.54, 1.807) is 0 Å². The lowest BCUT2D eigenvalue weighted by Crippen LogP contribution is -2.60. The van der Waals surface area contributed by atoms with E-state index < -0.39 is 41.2 Å². The predicted molar refractivity (Wildman–Crippen MR) is 62.1 cm³/mol. The number of nitrogens with zero attached hydrogens (tertiary/aromatic N) is 1. The first-order valence-electron chi connectivity index (χ1n) is 5.69. The number of halogens is 5. The monoisotopic (exact) mass is 375 g/mol. The van der Waals surface area contributed by atoms with Crippen LogP contribution in [0.4, 0.5) is 22.0 Å². The Morgan fingerprint density at radius 1 is 0.955 bits per heavy atom. The van der Waals surface area contributed by atoms with Gasteiger partial charge in [0.2, 0.25) is 0 Å². The van der Waals surface area contributed by atoms with E-state index in [1.165, 1.54) is 0 Å². The molecule has 0 aromatic heterocycles. The molecular formula is C8H12F5N2O5S2+. The van der Waals surface area contributed by atoms with Gasteiger partial charge in [-0.25, -0.2) is 21.6 Å². The van der Waals surface area contributed by atoms with E-state index >= 15 is 0 Å². The molecular weight excluding hydrogens is 363 g/mol. The fraction of sp³-hybridized carbons (Fsp3) is 0.875. The van der Waals surface area contributed by atoms with Gasteiger partial charge < -0.3 is 0 Å². The Morgan fingerprint density at radius 3 is 1.73 bits per heavy atom. The van der Waals surface area contributed by atoms with Crippen LogP contribution in [-0.2, 0) is 24.8 Å². The average molecular weight is 375 g/mol. The summed E-state index contributed by atoms with van der Waals surface area (Å²) < 4.78 is 107. The molecule has 7 nitrogen and oxygen atoms in total. The molecule has 130 valence electrons. The highest BCUT2D eigenvalue weighted by atomic mass is 32.3. The molecule has 1 rings (SSSR count). The fourth-order valence-electron chi connectivity index (χ4n) is 1.91. The smallest absolute Gasteiger partial charge is 0.256 e. The molecule has 1 saturated heterocycles. The lowest BCUT2D eigenvalue weighted by Gasteiger charge is -2.29. The third-order valence-electron chi connectivity index (χ3n) is 3.15. The van der Waals surface area contributed by atoms with Gasteiger partial charge in [0.25, 0.3) is 0 Å². The van der Waals surface area contributed by atoms with Crippen molar-refractivity contribution in [3.63, 3.8) is 0 Å². The minimum Gasteiger partial charge on any atom is -0.256 e. The number of likely N-dealkylation sites (tertiary alicyclic amines) is 1. The molecule has 0 aliphatic carbocycles.